The Balaban J connectivity index is 1.71. The summed E-state index contributed by atoms with van der Waals surface area (Å²) in [5.41, 5.74) is 0.526. The first-order valence-corrected chi connectivity index (χ1v) is 11.1. The molecule has 0 spiro atoms. The molecule has 2 aromatic carbocycles. The molecule has 1 aromatic heterocycles. The lowest BCUT2D eigenvalue weighted by Gasteiger charge is -2.29. The van der Waals surface area contributed by atoms with Crippen LogP contribution in [0, 0.1) is 6.92 Å². The molecule has 1 saturated heterocycles. The Hall–Kier alpha value is -3.04. The third-order valence-corrected chi connectivity index (χ3v) is 6.93. The van der Waals surface area contributed by atoms with Crippen molar-refractivity contribution in [1.29, 1.82) is 0 Å². The van der Waals surface area contributed by atoms with Gasteiger partial charge in [-0.15, -0.1) is 0 Å². The summed E-state index contributed by atoms with van der Waals surface area (Å²) in [5.74, 6) is 0.459. The van der Waals surface area contributed by atoms with E-state index in [1.165, 1.54) is 4.31 Å². The monoisotopic (exact) mass is 426 g/mol. The molecular weight excluding hydrogens is 404 g/mol. The number of carbonyl (C=O) groups excluding carboxylic acids is 1. The summed E-state index contributed by atoms with van der Waals surface area (Å²) in [6, 6.07) is 16.5. The van der Waals surface area contributed by atoms with E-state index in [1.807, 2.05) is 6.07 Å². The molecule has 4 rings (SSSR count). The molecule has 0 bridgehead atoms. The van der Waals surface area contributed by atoms with E-state index in [9.17, 15) is 13.2 Å². The van der Waals surface area contributed by atoms with E-state index in [-0.39, 0.29) is 23.2 Å². The van der Waals surface area contributed by atoms with Gasteiger partial charge in [0, 0.05) is 25.2 Å². The third kappa shape index (κ3) is 3.99. The van der Waals surface area contributed by atoms with Crippen LogP contribution in [0.3, 0.4) is 0 Å². The van der Waals surface area contributed by atoms with Gasteiger partial charge in [0.15, 0.2) is 5.82 Å². The molecule has 1 aliphatic rings. The predicted octanol–water partition coefficient (Wildman–Crippen LogP) is 2.66. The number of rotatable bonds is 4. The van der Waals surface area contributed by atoms with Crippen molar-refractivity contribution < 1.29 is 17.7 Å². The molecule has 1 atom stereocenters. The maximum absolute atomic E-state index is 13.2. The van der Waals surface area contributed by atoms with Gasteiger partial charge in [-0.1, -0.05) is 41.6 Å². The first-order valence-electron chi connectivity index (χ1n) is 9.68. The second-order valence-corrected chi connectivity index (χ2v) is 9.03. The van der Waals surface area contributed by atoms with Gasteiger partial charge in [-0.05, 0) is 37.6 Å². The van der Waals surface area contributed by atoms with Crippen molar-refractivity contribution in [1.82, 2.24) is 19.3 Å². The van der Waals surface area contributed by atoms with Gasteiger partial charge in [0.1, 0.15) is 6.04 Å². The highest BCUT2D eigenvalue weighted by Gasteiger charge is 2.38. The molecule has 1 amide bonds. The first-order chi connectivity index (χ1) is 14.5. The lowest BCUT2D eigenvalue weighted by atomic mass is 10.1. The van der Waals surface area contributed by atoms with Gasteiger partial charge >= 0.3 is 0 Å². The van der Waals surface area contributed by atoms with Gasteiger partial charge in [-0.2, -0.15) is 9.29 Å². The van der Waals surface area contributed by atoms with Crippen molar-refractivity contribution >= 4 is 15.9 Å². The van der Waals surface area contributed by atoms with Crippen LogP contribution in [0.2, 0.25) is 0 Å². The van der Waals surface area contributed by atoms with Crippen molar-refractivity contribution in [3.8, 4) is 0 Å². The minimum absolute atomic E-state index is 0.0391. The van der Waals surface area contributed by atoms with Gasteiger partial charge in [-0.3, -0.25) is 4.79 Å². The second-order valence-electron chi connectivity index (χ2n) is 7.09. The highest BCUT2D eigenvalue weighted by molar-refractivity contribution is 7.89. The van der Waals surface area contributed by atoms with E-state index in [4.69, 9.17) is 4.52 Å². The van der Waals surface area contributed by atoms with Crippen LogP contribution in [0.5, 0.6) is 0 Å². The molecule has 8 nitrogen and oxygen atoms in total. The zero-order valence-corrected chi connectivity index (χ0v) is 17.3. The average molecular weight is 426 g/mol. The van der Waals surface area contributed by atoms with E-state index >= 15 is 0 Å². The summed E-state index contributed by atoms with van der Waals surface area (Å²) in [6.45, 7) is 2.39. The molecule has 1 fully saturated rings. The fraction of sp³-hybridized carbons (Fsp3) is 0.286. The molecule has 1 unspecified atom stereocenters. The number of aryl methyl sites for hydroxylation is 1. The molecule has 30 heavy (non-hydrogen) atoms. The van der Waals surface area contributed by atoms with Gasteiger partial charge < -0.3 is 9.42 Å². The highest BCUT2D eigenvalue weighted by atomic mass is 32.2. The van der Waals surface area contributed by atoms with Crippen LogP contribution in [0.25, 0.3) is 0 Å². The molecule has 2 heterocycles. The second kappa shape index (κ2) is 8.37. The van der Waals surface area contributed by atoms with Crippen LogP contribution < -0.4 is 0 Å². The average Bonchev–Trinajstić information content (AvgIpc) is 3.07. The smallest absolute Gasteiger partial charge is 0.254 e. The zero-order valence-electron chi connectivity index (χ0n) is 16.5. The van der Waals surface area contributed by atoms with E-state index in [0.717, 1.165) is 0 Å². The fourth-order valence-corrected chi connectivity index (χ4v) is 5.07. The van der Waals surface area contributed by atoms with E-state index in [0.29, 0.717) is 30.9 Å². The van der Waals surface area contributed by atoms with Crippen molar-refractivity contribution in [3.05, 3.63) is 77.9 Å². The SMILES string of the molecule is Cc1noc(C2CN(S(=O)(=O)c3ccccc3)CCCN2C(=O)c2ccccc2)n1. The molecular formula is C21H22N4O4S. The summed E-state index contributed by atoms with van der Waals surface area (Å²) >= 11 is 0. The molecule has 0 radical (unpaired) electrons. The van der Waals surface area contributed by atoms with E-state index < -0.39 is 16.1 Å². The summed E-state index contributed by atoms with van der Waals surface area (Å²) in [5, 5.41) is 3.84. The van der Waals surface area contributed by atoms with Gasteiger partial charge in [-0.25, -0.2) is 8.42 Å². The van der Waals surface area contributed by atoms with E-state index in [1.54, 1.807) is 66.4 Å². The maximum atomic E-state index is 13.2. The Morgan fingerprint density at radius 1 is 1.03 bits per heavy atom. The molecule has 1 aliphatic heterocycles. The van der Waals surface area contributed by atoms with Gasteiger partial charge in [0.05, 0.1) is 4.90 Å². The Kier molecular flexibility index (Phi) is 5.65. The molecule has 156 valence electrons. The summed E-state index contributed by atoms with van der Waals surface area (Å²) in [4.78, 5) is 19.4. The minimum Gasteiger partial charge on any atom is -0.337 e. The van der Waals surface area contributed by atoms with Crippen LogP contribution in [0.15, 0.2) is 70.1 Å². The Bertz CT molecular complexity index is 1120. The topological polar surface area (TPSA) is 96.6 Å². The maximum Gasteiger partial charge on any atom is 0.254 e. The number of hydrogen-bond acceptors (Lipinski definition) is 6. The number of aromatic nitrogens is 2. The van der Waals surface area contributed by atoms with Crippen LogP contribution in [-0.4, -0.2) is 53.3 Å². The number of carbonyl (C=O) groups is 1. The largest absolute Gasteiger partial charge is 0.337 e. The van der Waals surface area contributed by atoms with Crippen molar-refractivity contribution in [2.45, 2.75) is 24.3 Å². The predicted molar refractivity (Wildman–Crippen MR) is 109 cm³/mol. The highest BCUT2D eigenvalue weighted by Crippen LogP contribution is 2.29. The first kappa shape index (κ1) is 20.2. The summed E-state index contributed by atoms with van der Waals surface area (Å²) < 4.78 is 33.2. The number of benzene rings is 2. The molecule has 9 heteroatoms. The molecule has 3 aromatic rings. The lowest BCUT2D eigenvalue weighted by molar-refractivity contribution is 0.0648. The number of sulfonamides is 1. The van der Waals surface area contributed by atoms with Gasteiger partial charge in [0.25, 0.3) is 11.8 Å². The number of nitrogens with zero attached hydrogens (tertiary/aromatic N) is 4. The van der Waals surface area contributed by atoms with Gasteiger partial charge in [0.2, 0.25) is 10.0 Å². The van der Waals surface area contributed by atoms with E-state index in [2.05, 4.69) is 10.1 Å². The van der Waals surface area contributed by atoms with Crippen LogP contribution in [0.1, 0.15) is 34.5 Å². The van der Waals surface area contributed by atoms with Crippen LogP contribution >= 0.6 is 0 Å². The number of amides is 1. The van der Waals surface area contributed by atoms with Crippen molar-refractivity contribution in [2.24, 2.45) is 0 Å². The number of hydrogen-bond donors (Lipinski definition) is 0. The van der Waals surface area contributed by atoms with Crippen LogP contribution in [0.4, 0.5) is 0 Å². The normalized spacial score (nSPS) is 18.2. The van der Waals surface area contributed by atoms with Crippen LogP contribution in [-0.2, 0) is 10.0 Å². The molecule has 0 saturated carbocycles. The quantitative estimate of drug-likeness (QED) is 0.636. The Morgan fingerprint density at radius 2 is 1.70 bits per heavy atom. The summed E-state index contributed by atoms with van der Waals surface area (Å²) in [6.07, 6.45) is 0.494. The molecule has 0 aliphatic carbocycles. The standard InChI is InChI=1S/C21H22N4O4S/c1-16-22-20(29-23-16)19-15-24(30(27,28)18-11-6-3-7-12-18)13-8-14-25(19)21(26)17-9-4-2-5-10-17/h2-7,9-12,19H,8,13-15H2,1H3. The Labute approximate surface area is 175 Å². The lowest BCUT2D eigenvalue weighted by Crippen LogP contribution is -2.40. The molecule has 0 N–H and O–H groups in total. The van der Waals surface area contributed by atoms with Crippen molar-refractivity contribution in [2.75, 3.05) is 19.6 Å². The Morgan fingerprint density at radius 3 is 2.33 bits per heavy atom. The summed E-state index contributed by atoms with van der Waals surface area (Å²) in [7, 11) is -3.73. The van der Waals surface area contributed by atoms with Crippen molar-refractivity contribution in [3.63, 3.8) is 0 Å². The third-order valence-electron chi connectivity index (χ3n) is 5.05. The zero-order chi connectivity index (χ0) is 21.1. The minimum atomic E-state index is -3.73. The fourth-order valence-electron chi connectivity index (χ4n) is 3.57.